The van der Waals surface area contributed by atoms with E-state index < -0.39 is 11.8 Å². The quantitative estimate of drug-likeness (QED) is 0.339. The number of rotatable bonds is 4. The fourth-order valence-corrected chi connectivity index (χ4v) is 4.58. The fourth-order valence-electron chi connectivity index (χ4n) is 3.28. The van der Waals surface area contributed by atoms with E-state index in [9.17, 15) is 10.0 Å². The van der Waals surface area contributed by atoms with Crippen molar-refractivity contribution in [2.75, 3.05) is 0 Å². The number of aromatic nitrogens is 1. The van der Waals surface area contributed by atoms with E-state index in [1.165, 1.54) is 11.8 Å². The lowest BCUT2D eigenvalue weighted by molar-refractivity contribution is 0.0952. The summed E-state index contributed by atoms with van der Waals surface area (Å²) in [5, 5.41) is 14.7. The van der Waals surface area contributed by atoms with Gasteiger partial charge in [0.05, 0.1) is 22.6 Å². The van der Waals surface area contributed by atoms with Gasteiger partial charge >= 0.3 is 0 Å². The van der Waals surface area contributed by atoms with Crippen LogP contribution in [0.2, 0.25) is 5.02 Å². The van der Waals surface area contributed by atoms with Gasteiger partial charge in [0.1, 0.15) is 5.04 Å². The Labute approximate surface area is 177 Å². The van der Waals surface area contributed by atoms with Gasteiger partial charge in [-0.25, -0.2) is 4.99 Å². The first-order valence-electron chi connectivity index (χ1n) is 8.90. The first-order valence-corrected chi connectivity index (χ1v) is 10.1. The zero-order chi connectivity index (χ0) is 20.2. The Kier molecular flexibility index (Phi) is 5.74. The number of para-hydroxylation sites is 1. The third kappa shape index (κ3) is 4.09. The minimum absolute atomic E-state index is 0.126. The van der Waals surface area contributed by atoms with Crippen molar-refractivity contribution >= 4 is 44.9 Å². The summed E-state index contributed by atoms with van der Waals surface area (Å²) in [7, 11) is 0. The maximum absolute atomic E-state index is 13.5. The summed E-state index contributed by atoms with van der Waals surface area (Å²) in [5.74, 6) is -1.22. The van der Waals surface area contributed by atoms with Gasteiger partial charge in [-0.05, 0) is 42.0 Å². The molecule has 0 bridgehead atoms. The summed E-state index contributed by atoms with van der Waals surface area (Å²) in [6.45, 7) is 0. The molecule has 1 fully saturated rings. The smallest absolute Gasteiger partial charge is 0.175 e. The van der Waals surface area contributed by atoms with E-state index in [0.29, 0.717) is 20.7 Å². The maximum atomic E-state index is 13.5. The molecule has 29 heavy (non-hydrogen) atoms. The van der Waals surface area contributed by atoms with Gasteiger partial charge < -0.3 is 5.21 Å². The van der Waals surface area contributed by atoms with Gasteiger partial charge in [0, 0.05) is 23.0 Å². The standard InChI is InChI=1S/C22H16ClN3O2S/c23-16-10-8-14(9-11-16)18-19(20(27)15-5-4-12-24-13-15)21(29-22(18)26-28)25-17-6-2-1-3-7-17/h1-13,18-19,28H. The number of pyridine rings is 1. The normalized spacial score (nSPS) is 21.6. The van der Waals surface area contributed by atoms with Crippen LogP contribution in [0.1, 0.15) is 21.8 Å². The summed E-state index contributed by atoms with van der Waals surface area (Å²) >= 11 is 7.26. The highest BCUT2D eigenvalue weighted by atomic mass is 35.5. The van der Waals surface area contributed by atoms with Crippen molar-refractivity contribution in [3.63, 3.8) is 0 Å². The number of carbonyl (C=O) groups is 1. The second kappa shape index (κ2) is 8.59. The lowest BCUT2D eigenvalue weighted by Crippen LogP contribution is -2.25. The van der Waals surface area contributed by atoms with Gasteiger partial charge in [0.15, 0.2) is 5.78 Å². The summed E-state index contributed by atoms with van der Waals surface area (Å²) in [6.07, 6.45) is 3.16. The third-order valence-corrected chi connectivity index (χ3v) is 5.98. The van der Waals surface area contributed by atoms with Crippen LogP contribution in [0, 0.1) is 5.92 Å². The highest BCUT2D eigenvalue weighted by Gasteiger charge is 2.45. The van der Waals surface area contributed by atoms with E-state index in [4.69, 9.17) is 16.6 Å². The van der Waals surface area contributed by atoms with Gasteiger partial charge in [-0.15, -0.1) is 0 Å². The number of aliphatic imine (C=N–C) groups is 1. The van der Waals surface area contributed by atoms with E-state index in [2.05, 4.69) is 10.1 Å². The predicted molar refractivity (Wildman–Crippen MR) is 117 cm³/mol. The van der Waals surface area contributed by atoms with Crippen LogP contribution < -0.4 is 0 Å². The number of hydrogen-bond acceptors (Lipinski definition) is 6. The van der Waals surface area contributed by atoms with Crippen molar-refractivity contribution in [1.82, 2.24) is 4.98 Å². The molecule has 2 aromatic carbocycles. The van der Waals surface area contributed by atoms with Crippen LogP contribution in [0.25, 0.3) is 0 Å². The Hall–Kier alpha value is -2.96. The summed E-state index contributed by atoms with van der Waals surface area (Å²) in [6, 6.07) is 20.1. The largest absolute Gasteiger partial charge is 0.410 e. The molecule has 0 saturated carbocycles. The molecule has 1 aromatic heterocycles. The molecule has 3 aromatic rings. The number of nitrogens with zero attached hydrogens (tertiary/aromatic N) is 3. The number of halogens is 1. The van der Waals surface area contributed by atoms with Crippen LogP contribution in [-0.2, 0) is 0 Å². The Morgan fingerprint density at radius 1 is 1.00 bits per heavy atom. The van der Waals surface area contributed by atoms with Gasteiger partial charge in [-0.2, -0.15) is 0 Å². The molecule has 1 aliphatic rings. The molecule has 1 aliphatic heterocycles. The van der Waals surface area contributed by atoms with Gasteiger partial charge in [0.2, 0.25) is 0 Å². The Morgan fingerprint density at radius 3 is 2.41 bits per heavy atom. The molecule has 0 radical (unpaired) electrons. The molecule has 2 unspecified atom stereocenters. The zero-order valence-corrected chi connectivity index (χ0v) is 16.7. The van der Waals surface area contributed by atoms with Crippen molar-refractivity contribution in [2.45, 2.75) is 5.92 Å². The molecular formula is C22H16ClN3O2S. The molecule has 0 spiro atoms. The van der Waals surface area contributed by atoms with E-state index in [0.717, 1.165) is 11.3 Å². The van der Waals surface area contributed by atoms with Crippen molar-refractivity contribution in [3.8, 4) is 0 Å². The monoisotopic (exact) mass is 421 g/mol. The first-order chi connectivity index (χ1) is 14.2. The van der Waals surface area contributed by atoms with Crippen molar-refractivity contribution in [1.29, 1.82) is 0 Å². The number of hydrogen-bond donors (Lipinski definition) is 1. The minimum atomic E-state index is -0.628. The number of carbonyl (C=O) groups excluding carboxylic acids is 1. The molecule has 2 atom stereocenters. The van der Waals surface area contributed by atoms with Gasteiger partial charge in [-0.1, -0.05) is 58.9 Å². The van der Waals surface area contributed by atoms with Crippen LogP contribution in [0.5, 0.6) is 0 Å². The van der Waals surface area contributed by atoms with Gasteiger partial charge in [-0.3, -0.25) is 9.78 Å². The number of ketones is 1. The molecule has 0 aliphatic carbocycles. The summed E-state index contributed by atoms with van der Waals surface area (Å²) in [5.41, 5.74) is 2.04. The zero-order valence-electron chi connectivity index (χ0n) is 15.1. The molecule has 0 amide bonds. The van der Waals surface area contributed by atoms with Gasteiger partial charge in [0.25, 0.3) is 0 Å². The molecule has 144 valence electrons. The topological polar surface area (TPSA) is 74.9 Å². The Morgan fingerprint density at radius 2 is 1.76 bits per heavy atom. The highest BCUT2D eigenvalue weighted by molar-refractivity contribution is 8.27. The van der Waals surface area contributed by atoms with Crippen LogP contribution in [0.4, 0.5) is 5.69 Å². The second-order valence-corrected chi connectivity index (χ2v) is 7.92. The summed E-state index contributed by atoms with van der Waals surface area (Å²) in [4.78, 5) is 22.2. The molecule has 1 N–H and O–H groups in total. The van der Waals surface area contributed by atoms with E-state index >= 15 is 0 Å². The van der Waals surface area contributed by atoms with Crippen LogP contribution in [0.3, 0.4) is 0 Å². The average molecular weight is 422 g/mol. The molecule has 2 heterocycles. The molecule has 7 heteroatoms. The number of Topliss-reactive ketones (excluding diaryl/α,β-unsaturated/α-hetero) is 1. The lowest BCUT2D eigenvalue weighted by Gasteiger charge is -2.18. The third-order valence-electron chi connectivity index (χ3n) is 4.63. The number of benzene rings is 2. The lowest BCUT2D eigenvalue weighted by atomic mass is 9.83. The van der Waals surface area contributed by atoms with Crippen molar-refractivity contribution in [3.05, 3.63) is 95.3 Å². The van der Waals surface area contributed by atoms with Crippen LogP contribution in [0.15, 0.2) is 89.3 Å². The molecule has 1 saturated heterocycles. The highest BCUT2D eigenvalue weighted by Crippen LogP contribution is 2.44. The molecule has 5 nitrogen and oxygen atoms in total. The van der Waals surface area contributed by atoms with E-state index in [-0.39, 0.29) is 5.78 Å². The Bertz CT molecular complexity index is 1070. The average Bonchev–Trinajstić information content (AvgIpc) is 3.13. The summed E-state index contributed by atoms with van der Waals surface area (Å²) < 4.78 is 0. The van der Waals surface area contributed by atoms with Crippen molar-refractivity contribution < 1.29 is 10.0 Å². The minimum Gasteiger partial charge on any atom is -0.410 e. The molecular weight excluding hydrogens is 406 g/mol. The SMILES string of the molecule is O=C(c1cccnc1)C1C(=Nc2ccccc2)SC(=NO)C1c1ccc(Cl)cc1. The molecule has 4 rings (SSSR count). The Balaban J connectivity index is 1.84. The second-order valence-electron chi connectivity index (χ2n) is 6.44. The predicted octanol–water partition coefficient (Wildman–Crippen LogP) is 5.58. The van der Waals surface area contributed by atoms with Crippen LogP contribution in [-0.4, -0.2) is 26.1 Å². The maximum Gasteiger partial charge on any atom is 0.175 e. The fraction of sp³-hybridized carbons (Fsp3) is 0.0909. The van der Waals surface area contributed by atoms with E-state index in [1.54, 1.807) is 36.7 Å². The van der Waals surface area contributed by atoms with Crippen LogP contribution >= 0.6 is 23.4 Å². The number of oxime groups is 1. The van der Waals surface area contributed by atoms with Crippen molar-refractivity contribution in [2.24, 2.45) is 16.1 Å². The number of thioether (sulfide) groups is 1. The first kappa shape index (κ1) is 19.4. The van der Waals surface area contributed by atoms with E-state index in [1.807, 2.05) is 42.5 Å².